The van der Waals surface area contributed by atoms with E-state index in [9.17, 15) is 9.18 Å². The Morgan fingerprint density at radius 1 is 1.10 bits per heavy atom. The Bertz CT molecular complexity index is 1760. The molecule has 0 unspecified atom stereocenters. The summed E-state index contributed by atoms with van der Waals surface area (Å²) in [6.45, 7) is 1.70. The van der Waals surface area contributed by atoms with Gasteiger partial charge in [0.25, 0.3) is 0 Å². The van der Waals surface area contributed by atoms with Gasteiger partial charge in [-0.05, 0) is 48.9 Å². The molecule has 1 amide bonds. The van der Waals surface area contributed by atoms with E-state index in [0.717, 1.165) is 0 Å². The molecule has 0 aliphatic carbocycles. The van der Waals surface area contributed by atoms with Crippen LogP contribution < -0.4 is 15.4 Å². The van der Waals surface area contributed by atoms with E-state index >= 15 is 4.39 Å². The number of hydrogen-bond donors (Lipinski definition) is 1. The number of para-hydroxylation sites is 1. The van der Waals surface area contributed by atoms with Gasteiger partial charge in [-0.25, -0.2) is 24.0 Å². The molecule has 0 saturated carbocycles. The van der Waals surface area contributed by atoms with Crippen molar-refractivity contribution in [2.24, 2.45) is 4.99 Å². The van der Waals surface area contributed by atoms with Gasteiger partial charge in [-0.2, -0.15) is 9.49 Å². The van der Waals surface area contributed by atoms with Crippen molar-refractivity contribution in [3.05, 3.63) is 89.2 Å². The topological polar surface area (TPSA) is 112 Å². The van der Waals surface area contributed by atoms with Gasteiger partial charge >= 0.3 is 0 Å². The number of anilines is 2. The van der Waals surface area contributed by atoms with Crippen LogP contribution in [-0.2, 0) is 11.3 Å². The third-order valence-corrected chi connectivity index (χ3v) is 6.69. The minimum absolute atomic E-state index is 0.0151. The zero-order valence-electron chi connectivity index (χ0n) is 21.3. The van der Waals surface area contributed by atoms with E-state index in [2.05, 4.69) is 15.1 Å². The average Bonchev–Trinajstić information content (AvgIpc) is 3.32. The van der Waals surface area contributed by atoms with Crippen molar-refractivity contribution in [2.45, 2.75) is 13.5 Å². The Kier molecular flexibility index (Phi) is 7.39. The van der Waals surface area contributed by atoms with E-state index in [1.807, 2.05) is 13.0 Å². The molecule has 5 aromatic rings. The summed E-state index contributed by atoms with van der Waals surface area (Å²) in [4.78, 5) is 26.9. The number of halogens is 3. The second kappa shape index (κ2) is 11.1. The first kappa shape index (κ1) is 26.7. The Hall–Kier alpha value is -4.90. The molecule has 0 atom stereocenters. The van der Waals surface area contributed by atoms with Gasteiger partial charge in [-0.3, -0.25) is 9.69 Å². The zero-order chi connectivity index (χ0) is 28.4. The maximum Gasteiger partial charge on any atom is 0.219 e. The van der Waals surface area contributed by atoms with Gasteiger partial charge in [0.15, 0.2) is 17.2 Å². The normalized spacial score (nSPS) is 11.6. The Morgan fingerprint density at radius 3 is 2.60 bits per heavy atom. The summed E-state index contributed by atoms with van der Waals surface area (Å²) in [7, 11) is 1.24. The summed E-state index contributed by atoms with van der Waals surface area (Å²) in [6, 6.07) is 16.7. The lowest BCUT2D eigenvalue weighted by atomic mass is 10.1. The van der Waals surface area contributed by atoms with Crippen molar-refractivity contribution in [3.8, 4) is 17.0 Å². The average molecular weight is 562 g/mol. The fourth-order valence-electron chi connectivity index (χ4n) is 4.22. The lowest BCUT2D eigenvalue weighted by Crippen LogP contribution is -2.33. The number of aromatic nitrogens is 4. The predicted molar refractivity (Wildman–Crippen MR) is 150 cm³/mol. The Morgan fingerprint density at radius 2 is 1.88 bits per heavy atom. The van der Waals surface area contributed by atoms with Crippen LogP contribution in [0, 0.1) is 18.6 Å². The van der Waals surface area contributed by atoms with E-state index in [1.54, 1.807) is 42.5 Å². The summed E-state index contributed by atoms with van der Waals surface area (Å²) in [5.74, 6) is -2.34. The predicted octanol–water partition coefficient (Wildman–Crippen LogP) is 5.72. The van der Waals surface area contributed by atoms with E-state index in [0.29, 0.717) is 28.4 Å². The summed E-state index contributed by atoms with van der Waals surface area (Å²) in [5, 5.41) is 5.26. The minimum atomic E-state index is -1.17. The zero-order valence-corrected chi connectivity index (χ0v) is 22.1. The molecule has 0 fully saturated rings. The second-order valence-electron chi connectivity index (χ2n) is 8.63. The van der Waals surface area contributed by atoms with Gasteiger partial charge in [0, 0.05) is 16.3 Å². The molecule has 2 heterocycles. The van der Waals surface area contributed by atoms with Crippen LogP contribution in [0.1, 0.15) is 5.56 Å². The lowest BCUT2D eigenvalue weighted by Gasteiger charge is -2.20. The molecule has 2 aromatic heterocycles. The first-order chi connectivity index (χ1) is 19.3. The van der Waals surface area contributed by atoms with E-state index in [-0.39, 0.29) is 46.2 Å². The van der Waals surface area contributed by atoms with Crippen LogP contribution in [0.2, 0.25) is 5.02 Å². The summed E-state index contributed by atoms with van der Waals surface area (Å²) < 4.78 is 36.1. The molecule has 12 heteroatoms. The number of nitrogens with zero attached hydrogens (tertiary/aromatic N) is 6. The van der Waals surface area contributed by atoms with Crippen molar-refractivity contribution in [1.82, 2.24) is 19.7 Å². The largest absolute Gasteiger partial charge is 0.494 e. The molecule has 9 nitrogen and oxygen atoms in total. The number of nitrogens with two attached hydrogens (primary N) is 1. The number of hydrogen-bond acceptors (Lipinski definition) is 7. The van der Waals surface area contributed by atoms with Crippen LogP contribution >= 0.6 is 11.6 Å². The fourth-order valence-corrected chi connectivity index (χ4v) is 4.39. The third kappa shape index (κ3) is 4.82. The van der Waals surface area contributed by atoms with Crippen molar-refractivity contribution < 1.29 is 18.3 Å². The first-order valence-corrected chi connectivity index (χ1v) is 12.3. The summed E-state index contributed by atoms with van der Waals surface area (Å²) >= 11 is 6.33. The monoisotopic (exact) mass is 561 g/mol. The fraction of sp³-hybridized carbons (Fsp3) is 0.107. The van der Waals surface area contributed by atoms with Crippen LogP contribution in [0.25, 0.3) is 22.3 Å². The molecule has 202 valence electrons. The number of ether oxygens (including phenoxy) is 1. The van der Waals surface area contributed by atoms with Crippen LogP contribution in [0.15, 0.2) is 72.0 Å². The highest BCUT2D eigenvalue weighted by Crippen LogP contribution is 2.35. The van der Waals surface area contributed by atoms with Crippen LogP contribution in [-0.4, -0.2) is 39.1 Å². The van der Waals surface area contributed by atoms with Gasteiger partial charge in [-0.1, -0.05) is 35.9 Å². The Labute approximate surface area is 232 Å². The highest BCUT2D eigenvalue weighted by Gasteiger charge is 2.25. The van der Waals surface area contributed by atoms with E-state index < -0.39 is 11.6 Å². The molecule has 0 spiro atoms. The van der Waals surface area contributed by atoms with E-state index in [4.69, 9.17) is 27.1 Å². The number of fused-ring (bicyclic) bond motifs is 1. The number of methoxy groups -OCH3 is 1. The smallest absolute Gasteiger partial charge is 0.219 e. The number of carbonyl (C=O) groups is 1. The van der Waals surface area contributed by atoms with Crippen molar-refractivity contribution in [1.29, 1.82) is 0 Å². The van der Waals surface area contributed by atoms with Gasteiger partial charge in [0.05, 0.1) is 18.2 Å². The van der Waals surface area contributed by atoms with Gasteiger partial charge in [-0.15, -0.1) is 0 Å². The summed E-state index contributed by atoms with van der Waals surface area (Å²) in [6.07, 6.45) is 1.86. The molecule has 3 aromatic carbocycles. The van der Waals surface area contributed by atoms with Crippen LogP contribution in [0.5, 0.6) is 5.75 Å². The van der Waals surface area contributed by atoms with E-state index in [1.165, 1.54) is 35.2 Å². The van der Waals surface area contributed by atoms with Crippen LogP contribution in [0.4, 0.5) is 26.0 Å². The molecule has 0 bridgehead atoms. The first-order valence-electron chi connectivity index (χ1n) is 12.0. The number of amidine groups is 1. The molecule has 2 N–H and O–H groups in total. The van der Waals surface area contributed by atoms with Crippen molar-refractivity contribution in [2.75, 3.05) is 17.7 Å². The molecule has 0 saturated heterocycles. The number of rotatable bonds is 7. The van der Waals surface area contributed by atoms with Gasteiger partial charge in [0.1, 0.15) is 30.2 Å². The molecular formula is C28H22ClF2N7O2. The number of carbonyl (C=O) groups excluding carboxylic acids is 1. The number of aliphatic imine (C=N–C) groups is 1. The molecule has 40 heavy (non-hydrogen) atoms. The molecule has 0 aliphatic rings. The molecular weight excluding hydrogens is 540 g/mol. The highest BCUT2D eigenvalue weighted by molar-refractivity contribution is 6.31. The third-order valence-electron chi connectivity index (χ3n) is 6.28. The molecule has 5 rings (SSSR count). The summed E-state index contributed by atoms with van der Waals surface area (Å²) in [5.41, 5.74) is 8.02. The van der Waals surface area contributed by atoms with Crippen molar-refractivity contribution >= 4 is 52.1 Å². The number of benzene rings is 3. The minimum Gasteiger partial charge on any atom is -0.494 e. The highest BCUT2D eigenvalue weighted by atomic mass is 35.5. The maximum absolute atomic E-state index is 15.2. The number of amides is 1. The maximum atomic E-state index is 15.2. The molecule has 0 aliphatic heterocycles. The molecule has 0 radical (unpaired) electrons. The number of nitrogen functional groups attached to an aromatic ring is 1. The quantitative estimate of drug-likeness (QED) is 0.155. The van der Waals surface area contributed by atoms with Gasteiger partial charge < -0.3 is 10.5 Å². The Balaban J connectivity index is 1.71. The lowest BCUT2D eigenvalue weighted by molar-refractivity contribution is -0.106. The second-order valence-corrected chi connectivity index (χ2v) is 9.04. The van der Waals surface area contributed by atoms with Crippen molar-refractivity contribution in [3.63, 3.8) is 0 Å². The standard InChI is InChI=1S/C28H22ClF2N7O2/c1-16-19(29)9-6-10-20(16)35-22(37(15-39)17-7-4-3-5-8-17)13-38-28-23(27(32)33-14-34-28)26(36-38)18-11-12-21(40-2)25(31)24(18)30/h3-12,14-15H,13H2,1-2H3,(H2,32,33,34). The van der Waals surface area contributed by atoms with Crippen LogP contribution in [0.3, 0.4) is 0 Å². The van der Waals surface area contributed by atoms with Gasteiger partial charge in [0.2, 0.25) is 12.2 Å². The SMILES string of the molecule is COc1ccc(-c2nn(CC(=Nc3cccc(Cl)c3C)N(C=O)c3ccccc3)c3ncnc(N)c23)c(F)c1F.